The predicted molar refractivity (Wildman–Crippen MR) is 124 cm³/mol. The van der Waals surface area contributed by atoms with Crippen molar-refractivity contribution in [3.05, 3.63) is 95.1 Å². The van der Waals surface area contributed by atoms with Gasteiger partial charge in [-0.3, -0.25) is 14.4 Å². The van der Waals surface area contributed by atoms with Crippen LogP contribution in [-0.4, -0.2) is 29.8 Å². The lowest BCUT2D eigenvalue weighted by Crippen LogP contribution is -2.41. The standard InChI is InChI=1S/C26H23F3N2O5/c1-16(32)36-22-12-4-3-11-21(22)25(34)31(15-17-7-5-10-20(13-17)35-2)23(24(30)33)18-8-6-9-19(14-18)26(27,28)29/h3-14,23H,15H2,1-2H3,(H2,30,33). The third-order valence-electron chi connectivity index (χ3n) is 5.23. The van der Waals surface area contributed by atoms with Crippen LogP contribution >= 0.6 is 0 Å². The number of amides is 2. The average Bonchev–Trinajstić information content (AvgIpc) is 2.83. The van der Waals surface area contributed by atoms with Crippen LogP contribution in [-0.2, 0) is 22.3 Å². The molecule has 0 saturated heterocycles. The molecule has 0 fully saturated rings. The van der Waals surface area contributed by atoms with Crippen molar-refractivity contribution < 1.29 is 37.0 Å². The van der Waals surface area contributed by atoms with Gasteiger partial charge in [0.1, 0.15) is 17.5 Å². The molecule has 0 heterocycles. The number of para-hydroxylation sites is 1. The Balaban J connectivity index is 2.16. The number of carbonyl (C=O) groups is 3. The van der Waals surface area contributed by atoms with Crippen molar-refractivity contribution in [1.82, 2.24) is 4.90 Å². The van der Waals surface area contributed by atoms with E-state index < -0.39 is 35.6 Å². The van der Waals surface area contributed by atoms with E-state index >= 15 is 0 Å². The molecule has 0 aliphatic carbocycles. The number of ether oxygens (including phenoxy) is 2. The zero-order valence-electron chi connectivity index (χ0n) is 19.4. The van der Waals surface area contributed by atoms with E-state index in [4.69, 9.17) is 15.2 Å². The largest absolute Gasteiger partial charge is 0.497 e. The molecule has 0 radical (unpaired) electrons. The van der Waals surface area contributed by atoms with Crippen LogP contribution in [0, 0.1) is 0 Å². The molecule has 3 rings (SSSR count). The van der Waals surface area contributed by atoms with Crippen LogP contribution in [0.2, 0.25) is 0 Å². The Morgan fingerprint density at radius 3 is 2.31 bits per heavy atom. The number of hydrogen-bond donors (Lipinski definition) is 1. The molecular weight excluding hydrogens is 477 g/mol. The lowest BCUT2D eigenvalue weighted by atomic mass is 9.99. The van der Waals surface area contributed by atoms with Gasteiger partial charge >= 0.3 is 12.1 Å². The minimum atomic E-state index is -4.68. The fraction of sp³-hybridized carbons (Fsp3) is 0.192. The normalized spacial score (nSPS) is 11.9. The first-order valence-electron chi connectivity index (χ1n) is 10.7. The number of benzene rings is 3. The van der Waals surface area contributed by atoms with Crippen molar-refractivity contribution in [1.29, 1.82) is 0 Å². The molecule has 36 heavy (non-hydrogen) atoms. The maximum atomic E-state index is 13.8. The van der Waals surface area contributed by atoms with Crippen molar-refractivity contribution >= 4 is 17.8 Å². The van der Waals surface area contributed by atoms with Crippen LogP contribution in [0.4, 0.5) is 13.2 Å². The maximum absolute atomic E-state index is 13.8. The monoisotopic (exact) mass is 500 g/mol. The van der Waals surface area contributed by atoms with E-state index in [1.54, 1.807) is 30.3 Å². The quantitative estimate of drug-likeness (QED) is 0.363. The summed E-state index contributed by atoms with van der Waals surface area (Å²) in [5, 5.41) is 0. The SMILES string of the molecule is COc1cccc(CN(C(=O)c2ccccc2OC(C)=O)C(C(N)=O)c2cccc(C(F)(F)F)c2)c1. The minimum absolute atomic E-state index is 0.0714. The third-order valence-corrected chi connectivity index (χ3v) is 5.23. The van der Waals surface area contributed by atoms with Crippen molar-refractivity contribution in [3.8, 4) is 11.5 Å². The number of nitrogens with zero attached hydrogens (tertiary/aromatic N) is 1. The summed E-state index contributed by atoms with van der Waals surface area (Å²) < 4.78 is 50.6. The van der Waals surface area contributed by atoms with Gasteiger partial charge < -0.3 is 20.1 Å². The first-order chi connectivity index (χ1) is 17.0. The fourth-order valence-corrected chi connectivity index (χ4v) is 3.67. The number of methoxy groups -OCH3 is 1. The summed E-state index contributed by atoms with van der Waals surface area (Å²) in [7, 11) is 1.45. The number of nitrogens with two attached hydrogens (primary N) is 1. The summed E-state index contributed by atoms with van der Waals surface area (Å²) in [6.07, 6.45) is -4.68. The molecule has 2 N–H and O–H groups in total. The Labute approximate surface area is 205 Å². The number of hydrogen-bond acceptors (Lipinski definition) is 5. The highest BCUT2D eigenvalue weighted by Crippen LogP contribution is 2.34. The van der Waals surface area contributed by atoms with Gasteiger partial charge in [-0.05, 0) is 47.5 Å². The molecule has 0 saturated carbocycles. The summed E-state index contributed by atoms with van der Waals surface area (Å²) >= 11 is 0. The molecular formula is C26H23F3N2O5. The minimum Gasteiger partial charge on any atom is -0.497 e. The second kappa shape index (κ2) is 10.9. The molecule has 0 aromatic heterocycles. The summed E-state index contributed by atoms with van der Waals surface area (Å²) in [4.78, 5) is 39.0. The van der Waals surface area contributed by atoms with Crippen LogP contribution in [0.25, 0.3) is 0 Å². The Bertz CT molecular complexity index is 1280. The zero-order chi connectivity index (χ0) is 26.5. The predicted octanol–water partition coefficient (Wildman–Crippen LogP) is 4.51. The summed E-state index contributed by atoms with van der Waals surface area (Å²) in [6, 6.07) is 14.9. The van der Waals surface area contributed by atoms with E-state index in [-0.39, 0.29) is 23.4 Å². The van der Waals surface area contributed by atoms with E-state index in [0.29, 0.717) is 11.3 Å². The topological polar surface area (TPSA) is 98.9 Å². The van der Waals surface area contributed by atoms with Crippen LogP contribution in [0.15, 0.2) is 72.8 Å². The van der Waals surface area contributed by atoms with Crippen molar-refractivity contribution in [2.75, 3.05) is 7.11 Å². The Morgan fingerprint density at radius 1 is 0.972 bits per heavy atom. The second-order valence-electron chi connectivity index (χ2n) is 7.80. The number of carbonyl (C=O) groups excluding carboxylic acids is 3. The number of halogens is 3. The molecule has 10 heteroatoms. The fourth-order valence-electron chi connectivity index (χ4n) is 3.67. The average molecular weight is 500 g/mol. The number of primary amides is 1. The van der Waals surface area contributed by atoms with Gasteiger partial charge in [-0.2, -0.15) is 13.2 Å². The molecule has 3 aromatic carbocycles. The highest BCUT2D eigenvalue weighted by atomic mass is 19.4. The Kier molecular flexibility index (Phi) is 7.98. The molecule has 0 spiro atoms. The number of esters is 1. The van der Waals surface area contributed by atoms with Gasteiger partial charge in [0.15, 0.2) is 0 Å². The van der Waals surface area contributed by atoms with E-state index in [0.717, 1.165) is 30.0 Å². The summed E-state index contributed by atoms with van der Waals surface area (Å²) in [5.74, 6) is -2.11. The first-order valence-corrected chi connectivity index (χ1v) is 10.7. The third kappa shape index (κ3) is 6.21. The molecule has 3 aromatic rings. The van der Waals surface area contributed by atoms with E-state index in [2.05, 4.69) is 0 Å². The highest BCUT2D eigenvalue weighted by molar-refractivity contribution is 6.00. The molecule has 0 bridgehead atoms. The maximum Gasteiger partial charge on any atom is 0.416 e. The molecule has 0 aliphatic rings. The van der Waals surface area contributed by atoms with Gasteiger partial charge in [0.05, 0.1) is 18.2 Å². The Morgan fingerprint density at radius 2 is 1.67 bits per heavy atom. The van der Waals surface area contributed by atoms with E-state index in [1.807, 2.05) is 0 Å². The molecule has 188 valence electrons. The van der Waals surface area contributed by atoms with Gasteiger partial charge in [0.2, 0.25) is 5.91 Å². The number of alkyl halides is 3. The molecule has 7 nitrogen and oxygen atoms in total. The van der Waals surface area contributed by atoms with E-state index in [9.17, 15) is 27.6 Å². The highest BCUT2D eigenvalue weighted by Gasteiger charge is 2.35. The van der Waals surface area contributed by atoms with Crippen LogP contribution in [0.5, 0.6) is 11.5 Å². The molecule has 0 aliphatic heterocycles. The summed E-state index contributed by atoms with van der Waals surface area (Å²) in [5.41, 5.74) is 4.97. The Hall–Kier alpha value is -4.34. The molecule has 1 atom stereocenters. The van der Waals surface area contributed by atoms with Crippen LogP contribution in [0.1, 0.15) is 40.0 Å². The van der Waals surface area contributed by atoms with Crippen LogP contribution < -0.4 is 15.2 Å². The summed E-state index contributed by atoms with van der Waals surface area (Å²) in [6.45, 7) is 0.943. The van der Waals surface area contributed by atoms with Gasteiger partial charge in [-0.15, -0.1) is 0 Å². The second-order valence-corrected chi connectivity index (χ2v) is 7.80. The van der Waals surface area contributed by atoms with Gasteiger partial charge in [-0.1, -0.05) is 36.4 Å². The van der Waals surface area contributed by atoms with Gasteiger partial charge in [-0.25, -0.2) is 0 Å². The van der Waals surface area contributed by atoms with Gasteiger partial charge in [0, 0.05) is 13.5 Å². The smallest absolute Gasteiger partial charge is 0.416 e. The van der Waals surface area contributed by atoms with Crippen LogP contribution in [0.3, 0.4) is 0 Å². The van der Waals surface area contributed by atoms with Crippen molar-refractivity contribution in [2.45, 2.75) is 25.7 Å². The lowest BCUT2D eigenvalue weighted by molar-refractivity contribution is -0.138. The number of rotatable bonds is 8. The van der Waals surface area contributed by atoms with Gasteiger partial charge in [0.25, 0.3) is 5.91 Å². The van der Waals surface area contributed by atoms with E-state index in [1.165, 1.54) is 31.4 Å². The molecule has 1 unspecified atom stereocenters. The lowest BCUT2D eigenvalue weighted by Gasteiger charge is -2.31. The zero-order valence-corrected chi connectivity index (χ0v) is 19.4. The molecule has 2 amide bonds. The van der Waals surface area contributed by atoms with Crippen molar-refractivity contribution in [3.63, 3.8) is 0 Å². The first kappa shape index (κ1) is 26.3. The van der Waals surface area contributed by atoms with Crippen molar-refractivity contribution in [2.24, 2.45) is 5.73 Å².